The van der Waals surface area contributed by atoms with Crippen LogP contribution in [0.1, 0.15) is 17.5 Å². The molecular formula is C13H16O3S2. The van der Waals surface area contributed by atoms with E-state index >= 15 is 0 Å². The molecule has 0 aliphatic carbocycles. The van der Waals surface area contributed by atoms with E-state index in [1.54, 1.807) is 23.5 Å². The number of carbonyl (C=O) groups is 1. The van der Waals surface area contributed by atoms with E-state index in [4.69, 9.17) is 9.84 Å². The monoisotopic (exact) mass is 284 g/mol. The van der Waals surface area contributed by atoms with Crippen LogP contribution in [0.2, 0.25) is 0 Å². The van der Waals surface area contributed by atoms with Crippen molar-refractivity contribution in [2.75, 3.05) is 19.1 Å². The summed E-state index contributed by atoms with van der Waals surface area (Å²) in [6, 6.07) is 5.72. The second kappa shape index (κ2) is 5.45. The molecule has 0 atom stereocenters. The Morgan fingerprint density at radius 3 is 2.78 bits per heavy atom. The zero-order chi connectivity index (χ0) is 13.2. The van der Waals surface area contributed by atoms with Crippen molar-refractivity contribution in [2.45, 2.75) is 16.9 Å². The predicted octanol–water partition coefficient (Wildman–Crippen LogP) is 2.98. The van der Waals surface area contributed by atoms with Crippen molar-refractivity contribution in [1.29, 1.82) is 0 Å². The molecule has 0 saturated heterocycles. The SMILES string of the molecule is CSC1(SC)CCOc2ccc(CC(=O)O)cc21. The summed E-state index contributed by atoms with van der Waals surface area (Å²) in [5, 5.41) is 8.87. The maximum absolute atomic E-state index is 10.8. The van der Waals surface area contributed by atoms with Crippen LogP contribution in [0.15, 0.2) is 18.2 Å². The fourth-order valence-electron chi connectivity index (χ4n) is 2.22. The van der Waals surface area contributed by atoms with Gasteiger partial charge in [-0.3, -0.25) is 4.79 Å². The number of thioether (sulfide) groups is 2. The molecule has 1 aliphatic rings. The summed E-state index contributed by atoms with van der Waals surface area (Å²) in [5.41, 5.74) is 1.95. The standard InChI is InChI=1S/C13H16O3S2/c1-17-13(18-2)5-6-16-11-4-3-9(7-10(11)13)8-12(14)15/h3-4,7H,5-6,8H2,1-2H3,(H,14,15). The Labute approximate surface area is 115 Å². The third kappa shape index (κ3) is 2.47. The highest BCUT2D eigenvalue weighted by atomic mass is 32.2. The molecule has 1 N–H and O–H groups in total. The molecule has 1 aliphatic heterocycles. The average Bonchev–Trinajstić information content (AvgIpc) is 2.37. The fraction of sp³-hybridized carbons (Fsp3) is 0.462. The van der Waals surface area contributed by atoms with Gasteiger partial charge in [-0.05, 0) is 30.2 Å². The molecule has 1 aromatic carbocycles. The van der Waals surface area contributed by atoms with Crippen LogP contribution in [-0.2, 0) is 15.3 Å². The average molecular weight is 284 g/mol. The van der Waals surface area contributed by atoms with Crippen molar-refractivity contribution in [3.05, 3.63) is 29.3 Å². The Kier molecular flexibility index (Phi) is 4.12. The predicted molar refractivity (Wildman–Crippen MR) is 76.6 cm³/mol. The van der Waals surface area contributed by atoms with Gasteiger partial charge in [0.25, 0.3) is 0 Å². The first-order valence-corrected chi connectivity index (χ1v) is 8.14. The number of aliphatic carboxylic acids is 1. The maximum Gasteiger partial charge on any atom is 0.307 e. The van der Waals surface area contributed by atoms with Crippen LogP contribution in [0.3, 0.4) is 0 Å². The summed E-state index contributed by atoms with van der Waals surface area (Å²) < 4.78 is 5.66. The smallest absolute Gasteiger partial charge is 0.307 e. The van der Waals surface area contributed by atoms with E-state index in [0.717, 1.165) is 23.3 Å². The second-order valence-electron chi connectivity index (χ2n) is 4.16. The minimum atomic E-state index is -0.800. The van der Waals surface area contributed by atoms with Gasteiger partial charge in [0.1, 0.15) is 5.75 Å². The molecule has 1 heterocycles. The van der Waals surface area contributed by atoms with E-state index in [1.165, 1.54) is 0 Å². The molecule has 0 aromatic heterocycles. The quantitative estimate of drug-likeness (QED) is 0.861. The summed E-state index contributed by atoms with van der Waals surface area (Å²) in [5.74, 6) is 0.0877. The molecule has 0 fully saturated rings. The normalized spacial score (nSPS) is 16.8. The minimum absolute atomic E-state index is 0.0118. The third-order valence-corrected chi connectivity index (χ3v) is 6.32. The third-order valence-electron chi connectivity index (χ3n) is 3.16. The van der Waals surface area contributed by atoms with Gasteiger partial charge < -0.3 is 9.84 Å². The molecular weight excluding hydrogens is 268 g/mol. The Morgan fingerprint density at radius 1 is 1.44 bits per heavy atom. The number of benzene rings is 1. The van der Waals surface area contributed by atoms with Crippen molar-refractivity contribution in [1.82, 2.24) is 0 Å². The Balaban J connectivity index is 2.43. The van der Waals surface area contributed by atoms with Gasteiger partial charge in [-0.15, -0.1) is 23.5 Å². The highest BCUT2D eigenvalue weighted by Gasteiger charge is 2.36. The van der Waals surface area contributed by atoms with E-state index in [-0.39, 0.29) is 10.5 Å². The van der Waals surface area contributed by atoms with E-state index in [2.05, 4.69) is 12.5 Å². The summed E-state index contributed by atoms with van der Waals surface area (Å²) in [7, 11) is 0. The Hall–Kier alpha value is -0.810. The van der Waals surface area contributed by atoms with Crippen molar-refractivity contribution >= 4 is 29.5 Å². The lowest BCUT2D eigenvalue weighted by molar-refractivity contribution is -0.136. The number of rotatable bonds is 4. The van der Waals surface area contributed by atoms with Crippen LogP contribution in [-0.4, -0.2) is 30.2 Å². The second-order valence-corrected chi connectivity index (χ2v) is 6.63. The molecule has 2 rings (SSSR count). The van der Waals surface area contributed by atoms with E-state index in [0.29, 0.717) is 6.61 Å². The molecule has 0 amide bonds. The Morgan fingerprint density at radius 2 is 2.17 bits per heavy atom. The first kappa shape index (κ1) is 13.6. The molecule has 98 valence electrons. The molecule has 0 unspecified atom stereocenters. The highest BCUT2D eigenvalue weighted by molar-refractivity contribution is 8.16. The van der Waals surface area contributed by atoms with Gasteiger partial charge in [-0.2, -0.15) is 0 Å². The topological polar surface area (TPSA) is 46.5 Å². The summed E-state index contributed by atoms with van der Waals surface area (Å²) in [6.07, 6.45) is 5.19. The van der Waals surface area contributed by atoms with E-state index < -0.39 is 5.97 Å². The van der Waals surface area contributed by atoms with Crippen LogP contribution in [0.25, 0.3) is 0 Å². The first-order chi connectivity index (χ1) is 8.61. The van der Waals surface area contributed by atoms with Gasteiger partial charge in [0.05, 0.1) is 17.1 Å². The summed E-state index contributed by atoms with van der Waals surface area (Å²) >= 11 is 3.60. The van der Waals surface area contributed by atoms with Gasteiger partial charge >= 0.3 is 5.97 Å². The largest absolute Gasteiger partial charge is 0.493 e. The van der Waals surface area contributed by atoms with Crippen LogP contribution >= 0.6 is 23.5 Å². The highest BCUT2D eigenvalue weighted by Crippen LogP contribution is 2.52. The first-order valence-electron chi connectivity index (χ1n) is 5.69. The van der Waals surface area contributed by atoms with Gasteiger partial charge in [-0.1, -0.05) is 6.07 Å². The zero-order valence-electron chi connectivity index (χ0n) is 10.4. The van der Waals surface area contributed by atoms with Crippen LogP contribution in [0.4, 0.5) is 0 Å². The van der Waals surface area contributed by atoms with Crippen LogP contribution in [0, 0.1) is 0 Å². The molecule has 0 spiro atoms. The van der Waals surface area contributed by atoms with Crippen molar-refractivity contribution < 1.29 is 14.6 Å². The molecule has 0 saturated carbocycles. The molecule has 0 bridgehead atoms. The summed E-state index contributed by atoms with van der Waals surface area (Å²) in [4.78, 5) is 10.8. The van der Waals surface area contributed by atoms with Gasteiger partial charge in [-0.25, -0.2) is 0 Å². The zero-order valence-corrected chi connectivity index (χ0v) is 12.1. The van der Waals surface area contributed by atoms with E-state index in [9.17, 15) is 4.79 Å². The lowest BCUT2D eigenvalue weighted by Crippen LogP contribution is -2.26. The lowest BCUT2D eigenvalue weighted by atomic mass is 10.0. The number of fused-ring (bicyclic) bond motifs is 1. The Bertz CT molecular complexity index is 456. The molecule has 5 heteroatoms. The van der Waals surface area contributed by atoms with Crippen LogP contribution < -0.4 is 4.74 Å². The van der Waals surface area contributed by atoms with Crippen molar-refractivity contribution in [2.24, 2.45) is 0 Å². The molecule has 1 aromatic rings. The molecule has 3 nitrogen and oxygen atoms in total. The minimum Gasteiger partial charge on any atom is -0.493 e. The number of carboxylic acids is 1. The number of carboxylic acid groups (broad SMARTS) is 1. The van der Waals surface area contributed by atoms with Crippen LogP contribution in [0.5, 0.6) is 5.75 Å². The number of hydrogen-bond donors (Lipinski definition) is 1. The number of ether oxygens (including phenoxy) is 1. The van der Waals surface area contributed by atoms with Crippen molar-refractivity contribution in [3.8, 4) is 5.75 Å². The fourth-order valence-corrected chi connectivity index (χ4v) is 4.22. The lowest BCUT2D eigenvalue weighted by Gasteiger charge is -2.36. The van der Waals surface area contributed by atoms with Gasteiger partial charge in [0.2, 0.25) is 0 Å². The van der Waals surface area contributed by atoms with Crippen molar-refractivity contribution in [3.63, 3.8) is 0 Å². The molecule has 0 radical (unpaired) electrons. The summed E-state index contributed by atoms with van der Waals surface area (Å²) in [6.45, 7) is 0.715. The maximum atomic E-state index is 10.8. The van der Waals surface area contributed by atoms with E-state index in [1.807, 2.05) is 18.2 Å². The number of hydrogen-bond acceptors (Lipinski definition) is 4. The van der Waals surface area contributed by atoms with Gasteiger partial charge in [0, 0.05) is 12.0 Å². The molecule has 18 heavy (non-hydrogen) atoms. The van der Waals surface area contributed by atoms with Gasteiger partial charge in [0.15, 0.2) is 0 Å².